The number of carbonyl (C=O) groups is 2. The van der Waals surface area contributed by atoms with Crippen LogP contribution < -0.4 is 5.73 Å². The summed E-state index contributed by atoms with van der Waals surface area (Å²) in [5.41, 5.74) is 6.20. The Hall–Kier alpha value is -1.10. The van der Waals surface area contributed by atoms with Crippen LogP contribution in [0.25, 0.3) is 0 Å². The van der Waals surface area contributed by atoms with Gasteiger partial charge in [0.1, 0.15) is 6.54 Å². The Labute approximate surface area is 114 Å². The van der Waals surface area contributed by atoms with E-state index in [4.69, 9.17) is 5.73 Å². The van der Waals surface area contributed by atoms with E-state index in [1.54, 1.807) is 4.90 Å². The smallest absolute Gasteiger partial charge is 0.325 e. The van der Waals surface area contributed by atoms with E-state index < -0.39 is 0 Å². The summed E-state index contributed by atoms with van der Waals surface area (Å²) >= 11 is 0. The minimum Gasteiger partial charge on any atom is -0.468 e. The van der Waals surface area contributed by atoms with Crippen LogP contribution in [0.3, 0.4) is 0 Å². The van der Waals surface area contributed by atoms with Gasteiger partial charge in [-0.15, -0.1) is 0 Å². The standard InChI is InChI=1S/C14H24N2O3/c1-3-6-16(8-11(17)19-2)14(18)12-9-4-5-10(7-9)13(12)15/h9-10,12-13H,3-8,15H2,1-2H3. The normalized spacial score (nSPS) is 32.4. The molecule has 2 rings (SSSR count). The predicted octanol–water partition coefficient (Wildman–Crippen LogP) is 0.771. The summed E-state index contributed by atoms with van der Waals surface area (Å²) in [6, 6.07) is -0.0248. The maximum Gasteiger partial charge on any atom is 0.325 e. The first-order valence-electron chi connectivity index (χ1n) is 7.19. The van der Waals surface area contributed by atoms with E-state index in [9.17, 15) is 9.59 Å². The zero-order valence-electron chi connectivity index (χ0n) is 11.8. The quantitative estimate of drug-likeness (QED) is 0.748. The minimum absolute atomic E-state index is 0.0248. The fourth-order valence-electron chi connectivity index (χ4n) is 3.67. The van der Waals surface area contributed by atoms with Crippen LogP contribution in [0.5, 0.6) is 0 Å². The zero-order valence-corrected chi connectivity index (χ0v) is 11.8. The molecule has 19 heavy (non-hydrogen) atoms. The van der Waals surface area contributed by atoms with Gasteiger partial charge >= 0.3 is 5.97 Å². The molecule has 4 atom stereocenters. The number of hydrogen-bond donors (Lipinski definition) is 1. The van der Waals surface area contributed by atoms with E-state index in [1.165, 1.54) is 7.11 Å². The molecule has 5 heteroatoms. The Morgan fingerprint density at radius 3 is 2.53 bits per heavy atom. The number of ether oxygens (including phenoxy) is 1. The van der Waals surface area contributed by atoms with Gasteiger partial charge in [0.2, 0.25) is 5.91 Å². The Kier molecular flexibility index (Phi) is 4.45. The van der Waals surface area contributed by atoms with E-state index in [0.717, 1.165) is 25.7 Å². The fourth-order valence-corrected chi connectivity index (χ4v) is 3.67. The molecule has 0 aliphatic heterocycles. The highest BCUT2D eigenvalue weighted by molar-refractivity contribution is 5.84. The van der Waals surface area contributed by atoms with Crippen LogP contribution >= 0.6 is 0 Å². The lowest BCUT2D eigenvalue weighted by atomic mass is 9.84. The van der Waals surface area contributed by atoms with Gasteiger partial charge in [0, 0.05) is 12.6 Å². The number of hydrogen-bond acceptors (Lipinski definition) is 4. The van der Waals surface area contributed by atoms with Crippen molar-refractivity contribution in [3.8, 4) is 0 Å². The Balaban J connectivity index is 2.04. The maximum atomic E-state index is 12.6. The molecule has 0 aromatic carbocycles. The molecular formula is C14H24N2O3. The SMILES string of the molecule is CCCN(CC(=O)OC)C(=O)C1C2CCC(C2)C1N. The second kappa shape index (κ2) is 5.90. The lowest BCUT2D eigenvalue weighted by Gasteiger charge is -2.32. The van der Waals surface area contributed by atoms with Crippen LogP contribution in [0.4, 0.5) is 0 Å². The molecule has 5 nitrogen and oxygen atoms in total. The number of nitrogens with two attached hydrogens (primary N) is 1. The van der Waals surface area contributed by atoms with Gasteiger partial charge in [-0.05, 0) is 37.5 Å². The van der Waals surface area contributed by atoms with Crippen LogP contribution in [0, 0.1) is 17.8 Å². The van der Waals surface area contributed by atoms with Crippen molar-refractivity contribution in [1.82, 2.24) is 4.90 Å². The maximum absolute atomic E-state index is 12.6. The van der Waals surface area contributed by atoms with Crippen molar-refractivity contribution < 1.29 is 14.3 Å². The van der Waals surface area contributed by atoms with E-state index >= 15 is 0 Å². The van der Waals surface area contributed by atoms with Crippen LogP contribution in [0.1, 0.15) is 32.6 Å². The number of rotatable bonds is 5. The third-order valence-electron chi connectivity index (χ3n) is 4.62. The molecule has 108 valence electrons. The summed E-state index contributed by atoms with van der Waals surface area (Å²) in [6.45, 7) is 2.64. The molecule has 0 heterocycles. The summed E-state index contributed by atoms with van der Waals surface area (Å²) < 4.78 is 4.66. The van der Waals surface area contributed by atoms with Gasteiger partial charge in [-0.3, -0.25) is 9.59 Å². The molecule has 2 fully saturated rings. The number of carbonyl (C=O) groups excluding carboxylic acids is 2. The van der Waals surface area contributed by atoms with Crippen molar-refractivity contribution in [2.24, 2.45) is 23.5 Å². The Bertz CT molecular complexity index is 357. The molecule has 0 spiro atoms. The van der Waals surface area contributed by atoms with Crippen LogP contribution in [-0.4, -0.2) is 43.0 Å². The first-order valence-corrected chi connectivity index (χ1v) is 7.19. The average Bonchev–Trinajstić information content (AvgIpc) is 2.98. The van der Waals surface area contributed by atoms with Gasteiger partial charge in [-0.1, -0.05) is 6.92 Å². The van der Waals surface area contributed by atoms with E-state index in [0.29, 0.717) is 18.4 Å². The monoisotopic (exact) mass is 268 g/mol. The van der Waals surface area contributed by atoms with Gasteiger partial charge in [-0.2, -0.15) is 0 Å². The summed E-state index contributed by atoms with van der Waals surface area (Å²) in [5, 5.41) is 0. The molecule has 0 saturated heterocycles. The van der Waals surface area contributed by atoms with Gasteiger partial charge in [-0.25, -0.2) is 0 Å². The molecular weight excluding hydrogens is 244 g/mol. The first kappa shape index (κ1) is 14.3. The van der Waals surface area contributed by atoms with Crippen molar-refractivity contribution in [3.63, 3.8) is 0 Å². The molecule has 4 unspecified atom stereocenters. The summed E-state index contributed by atoms with van der Waals surface area (Å²) in [4.78, 5) is 25.7. The van der Waals surface area contributed by atoms with Crippen LogP contribution in [0.2, 0.25) is 0 Å². The third-order valence-corrected chi connectivity index (χ3v) is 4.62. The number of nitrogens with zero attached hydrogens (tertiary/aromatic N) is 1. The fraction of sp³-hybridized carbons (Fsp3) is 0.857. The molecule has 2 aliphatic rings. The van der Waals surface area contributed by atoms with Gasteiger partial charge in [0.05, 0.1) is 13.0 Å². The number of esters is 1. The molecule has 2 aliphatic carbocycles. The first-order chi connectivity index (χ1) is 9.08. The van der Waals surface area contributed by atoms with Crippen LogP contribution in [-0.2, 0) is 14.3 Å². The highest BCUT2D eigenvalue weighted by Crippen LogP contribution is 2.48. The van der Waals surface area contributed by atoms with Gasteiger partial charge in [0.15, 0.2) is 0 Å². The van der Waals surface area contributed by atoms with Crippen molar-refractivity contribution in [1.29, 1.82) is 0 Å². The molecule has 2 bridgehead atoms. The van der Waals surface area contributed by atoms with E-state index in [-0.39, 0.29) is 30.4 Å². The molecule has 0 aromatic rings. The lowest BCUT2D eigenvalue weighted by Crippen LogP contribution is -2.48. The number of amides is 1. The zero-order chi connectivity index (χ0) is 14.0. The summed E-state index contributed by atoms with van der Waals surface area (Å²) in [5.74, 6) is 0.519. The predicted molar refractivity (Wildman–Crippen MR) is 71.2 cm³/mol. The number of fused-ring (bicyclic) bond motifs is 2. The summed E-state index contributed by atoms with van der Waals surface area (Å²) in [6.07, 6.45) is 4.17. The highest BCUT2D eigenvalue weighted by atomic mass is 16.5. The second-order valence-electron chi connectivity index (χ2n) is 5.77. The second-order valence-corrected chi connectivity index (χ2v) is 5.77. The number of methoxy groups -OCH3 is 1. The van der Waals surface area contributed by atoms with Gasteiger partial charge in [0.25, 0.3) is 0 Å². The lowest BCUT2D eigenvalue weighted by molar-refractivity contribution is -0.149. The van der Waals surface area contributed by atoms with Crippen molar-refractivity contribution in [2.45, 2.75) is 38.6 Å². The average molecular weight is 268 g/mol. The highest BCUT2D eigenvalue weighted by Gasteiger charge is 2.50. The van der Waals surface area contributed by atoms with E-state index in [1.807, 2.05) is 6.92 Å². The Morgan fingerprint density at radius 1 is 1.32 bits per heavy atom. The molecule has 2 saturated carbocycles. The molecule has 0 radical (unpaired) electrons. The van der Waals surface area contributed by atoms with E-state index in [2.05, 4.69) is 4.74 Å². The summed E-state index contributed by atoms with van der Waals surface area (Å²) in [7, 11) is 1.35. The van der Waals surface area contributed by atoms with Crippen molar-refractivity contribution >= 4 is 11.9 Å². The Morgan fingerprint density at radius 2 is 2.00 bits per heavy atom. The van der Waals surface area contributed by atoms with Crippen LogP contribution in [0.15, 0.2) is 0 Å². The van der Waals surface area contributed by atoms with Gasteiger partial charge < -0.3 is 15.4 Å². The van der Waals surface area contributed by atoms with Crippen molar-refractivity contribution in [3.05, 3.63) is 0 Å². The third kappa shape index (κ3) is 2.76. The van der Waals surface area contributed by atoms with Crippen molar-refractivity contribution in [2.75, 3.05) is 20.2 Å². The molecule has 2 N–H and O–H groups in total. The topological polar surface area (TPSA) is 72.6 Å². The largest absolute Gasteiger partial charge is 0.468 e. The molecule has 0 aromatic heterocycles. The minimum atomic E-state index is -0.362. The molecule has 1 amide bonds.